The molecule has 1 saturated heterocycles. The van der Waals surface area contributed by atoms with Crippen LogP contribution in [-0.4, -0.2) is 67.5 Å². The van der Waals surface area contributed by atoms with Crippen LogP contribution in [0.15, 0.2) is 37.2 Å². The zero-order valence-electron chi connectivity index (χ0n) is 16.9. The fraction of sp³-hybridized carbons (Fsp3) is 0.450. The number of aromatic nitrogens is 5. The summed E-state index contributed by atoms with van der Waals surface area (Å²) >= 11 is 0. The number of hydrogen-bond acceptors (Lipinski definition) is 7. The second-order valence-corrected chi connectivity index (χ2v) is 8.05. The van der Waals surface area contributed by atoms with E-state index in [4.69, 9.17) is 4.74 Å². The molecule has 2 aliphatic rings. The van der Waals surface area contributed by atoms with E-state index >= 15 is 8.78 Å². The van der Waals surface area contributed by atoms with Gasteiger partial charge >= 0.3 is 0 Å². The van der Waals surface area contributed by atoms with E-state index in [-0.39, 0.29) is 32.7 Å². The van der Waals surface area contributed by atoms with Gasteiger partial charge in [-0.05, 0) is 19.4 Å². The first-order valence-electron chi connectivity index (χ1n) is 10.0. The molecule has 1 amide bonds. The van der Waals surface area contributed by atoms with Crippen LogP contribution >= 0.6 is 0 Å². The van der Waals surface area contributed by atoms with Crippen molar-refractivity contribution in [2.75, 3.05) is 31.1 Å². The van der Waals surface area contributed by atoms with Crippen LogP contribution in [-0.2, 0) is 11.3 Å². The zero-order chi connectivity index (χ0) is 21.6. The van der Waals surface area contributed by atoms with Gasteiger partial charge in [0.15, 0.2) is 11.5 Å². The van der Waals surface area contributed by atoms with Crippen molar-refractivity contribution in [1.82, 2.24) is 29.5 Å². The zero-order valence-corrected chi connectivity index (χ0v) is 16.9. The Morgan fingerprint density at radius 1 is 1.23 bits per heavy atom. The normalized spacial score (nSPS) is 23.2. The van der Waals surface area contributed by atoms with E-state index in [1.54, 1.807) is 24.7 Å². The first-order chi connectivity index (χ1) is 14.9. The summed E-state index contributed by atoms with van der Waals surface area (Å²) in [6.07, 6.45) is 7.64. The molecule has 9 nitrogen and oxygen atoms in total. The van der Waals surface area contributed by atoms with Crippen molar-refractivity contribution in [2.45, 2.75) is 25.8 Å². The third kappa shape index (κ3) is 3.15. The van der Waals surface area contributed by atoms with Crippen LogP contribution in [0.5, 0.6) is 5.75 Å². The summed E-state index contributed by atoms with van der Waals surface area (Å²) in [6, 6.07) is 1.72. The molecular formula is C20H21F2N7O2. The van der Waals surface area contributed by atoms with Gasteiger partial charge in [-0.15, -0.1) is 0 Å². The van der Waals surface area contributed by atoms with Gasteiger partial charge in [0.05, 0.1) is 19.6 Å². The Kier molecular flexibility index (Phi) is 4.49. The summed E-state index contributed by atoms with van der Waals surface area (Å²) in [5.41, 5.74) is -0.725. The maximum atomic E-state index is 15.5. The number of alkyl halides is 2. The van der Waals surface area contributed by atoms with Gasteiger partial charge < -0.3 is 14.5 Å². The molecule has 2 aliphatic heterocycles. The molecule has 1 fully saturated rings. The number of amides is 1. The van der Waals surface area contributed by atoms with Gasteiger partial charge in [-0.3, -0.25) is 9.78 Å². The number of rotatable bonds is 2. The quantitative estimate of drug-likeness (QED) is 0.614. The number of piperidine rings is 1. The van der Waals surface area contributed by atoms with Crippen molar-refractivity contribution >= 4 is 17.4 Å². The van der Waals surface area contributed by atoms with Crippen LogP contribution in [0.1, 0.15) is 18.9 Å². The number of carbonyl (C=O) groups is 1. The molecule has 5 rings (SSSR count). The largest absolute Gasteiger partial charge is 0.491 e. The van der Waals surface area contributed by atoms with Crippen molar-refractivity contribution in [3.05, 3.63) is 42.7 Å². The van der Waals surface area contributed by atoms with Crippen LogP contribution in [0.4, 0.5) is 14.6 Å². The van der Waals surface area contributed by atoms with Gasteiger partial charge in [0.1, 0.15) is 24.1 Å². The molecule has 31 heavy (non-hydrogen) atoms. The number of fused-ring (bicyclic) bond motifs is 2. The van der Waals surface area contributed by atoms with Crippen molar-refractivity contribution < 1.29 is 18.3 Å². The van der Waals surface area contributed by atoms with Crippen LogP contribution in [0.3, 0.4) is 0 Å². The lowest BCUT2D eigenvalue weighted by molar-refractivity contribution is -0.173. The molecule has 1 atom stereocenters. The second kappa shape index (κ2) is 7.10. The molecule has 0 saturated carbocycles. The fourth-order valence-electron chi connectivity index (χ4n) is 4.19. The third-order valence-electron chi connectivity index (χ3n) is 6.15. The first-order valence-corrected chi connectivity index (χ1v) is 10.0. The Balaban J connectivity index is 1.40. The number of hydrogen-bond donors (Lipinski definition) is 0. The topological polar surface area (TPSA) is 88.8 Å². The Morgan fingerprint density at radius 2 is 2.10 bits per heavy atom. The van der Waals surface area contributed by atoms with E-state index in [1.807, 2.05) is 0 Å². The SMILES string of the molecule is CC1(C(=O)N2CCOc3ccncc3C2)CCN(c2nccn3ncnc23)CC1(F)F. The summed E-state index contributed by atoms with van der Waals surface area (Å²) in [5.74, 6) is -2.89. The Hall–Kier alpha value is -3.37. The maximum Gasteiger partial charge on any atom is 0.279 e. The molecular weight excluding hydrogens is 408 g/mol. The average molecular weight is 429 g/mol. The summed E-state index contributed by atoms with van der Waals surface area (Å²) in [4.78, 5) is 28.7. The number of pyridine rings is 1. The molecule has 0 bridgehead atoms. The van der Waals surface area contributed by atoms with Crippen molar-refractivity contribution in [3.8, 4) is 5.75 Å². The molecule has 0 N–H and O–H groups in total. The lowest BCUT2D eigenvalue weighted by Crippen LogP contribution is -2.61. The summed E-state index contributed by atoms with van der Waals surface area (Å²) in [7, 11) is 0. The highest BCUT2D eigenvalue weighted by atomic mass is 19.3. The Labute approximate surface area is 176 Å². The minimum absolute atomic E-state index is 0.0209. The van der Waals surface area contributed by atoms with Crippen LogP contribution in [0.25, 0.3) is 5.65 Å². The van der Waals surface area contributed by atoms with E-state index in [1.165, 1.54) is 33.8 Å². The first kappa shape index (κ1) is 19.6. The smallest absolute Gasteiger partial charge is 0.279 e. The van der Waals surface area contributed by atoms with Gasteiger partial charge in [-0.25, -0.2) is 23.3 Å². The number of halogens is 2. The molecule has 3 aromatic rings. The minimum atomic E-state index is -3.28. The molecule has 11 heteroatoms. The molecule has 1 unspecified atom stereocenters. The predicted molar refractivity (Wildman–Crippen MR) is 106 cm³/mol. The van der Waals surface area contributed by atoms with Gasteiger partial charge in [0, 0.05) is 36.9 Å². The van der Waals surface area contributed by atoms with E-state index < -0.39 is 23.8 Å². The molecule has 0 spiro atoms. The molecule has 162 valence electrons. The number of ether oxygens (including phenoxy) is 1. The lowest BCUT2D eigenvalue weighted by atomic mass is 9.75. The predicted octanol–water partition coefficient (Wildman–Crippen LogP) is 1.79. The highest BCUT2D eigenvalue weighted by Crippen LogP contribution is 2.46. The van der Waals surface area contributed by atoms with E-state index in [2.05, 4.69) is 20.1 Å². The van der Waals surface area contributed by atoms with Gasteiger partial charge in [-0.2, -0.15) is 5.10 Å². The van der Waals surface area contributed by atoms with Crippen molar-refractivity contribution in [3.63, 3.8) is 0 Å². The van der Waals surface area contributed by atoms with E-state index in [9.17, 15) is 4.79 Å². The van der Waals surface area contributed by atoms with Gasteiger partial charge in [-0.1, -0.05) is 0 Å². The minimum Gasteiger partial charge on any atom is -0.491 e. The number of nitrogens with zero attached hydrogens (tertiary/aromatic N) is 7. The summed E-state index contributed by atoms with van der Waals surface area (Å²) < 4.78 is 38.2. The summed E-state index contributed by atoms with van der Waals surface area (Å²) in [6.45, 7) is 1.65. The number of anilines is 1. The Morgan fingerprint density at radius 3 is 2.94 bits per heavy atom. The summed E-state index contributed by atoms with van der Waals surface area (Å²) in [5, 5.41) is 4.03. The molecule has 5 heterocycles. The third-order valence-corrected chi connectivity index (χ3v) is 6.15. The van der Waals surface area contributed by atoms with Crippen LogP contribution < -0.4 is 9.64 Å². The van der Waals surface area contributed by atoms with Crippen molar-refractivity contribution in [1.29, 1.82) is 0 Å². The lowest BCUT2D eigenvalue weighted by Gasteiger charge is -2.46. The number of carbonyl (C=O) groups excluding carboxylic acids is 1. The standard InChI is InChI=1S/C20H21F2N7O2/c1-19(18(30)27-8-9-31-15-2-4-23-10-14(15)11-27)3-6-28(12-20(19,21)22)16-17-25-13-26-29(17)7-5-24-16/h2,4-5,7,10,13H,3,6,8-9,11-12H2,1H3. The molecule has 0 radical (unpaired) electrons. The van der Waals surface area contributed by atoms with Crippen LogP contribution in [0, 0.1) is 5.41 Å². The van der Waals surface area contributed by atoms with Gasteiger partial charge in [0.25, 0.3) is 5.92 Å². The van der Waals surface area contributed by atoms with Gasteiger partial charge in [0.2, 0.25) is 5.91 Å². The molecule has 3 aromatic heterocycles. The highest BCUT2D eigenvalue weighted by molar-refractivity contribution is 5.84. The maximum absolute atomic E-state index is 15.5. The van der Waals surface area contributed by atoms with Crippen LogP contribution in [0.2, 0.25) is 0 Å². The molecule has 0 aromatic carbocycles. The second-order valence-electron chi connectivity index (χ2n) is 8.05. The highest BCUT2D eigenvalue weighted by Gasteiger charge is 2.59. The Bertz CT molecular complexity index is 1140. The van der Waals surface area contributed by atoms with E-state index in [0.29, 0.717) is 22.8 Å². The molecule has 0 aliphatic carbocycles. The average Bonchev–Trinajstić information content (AvgIpc) is 3.14. The van der Waals surface area contributed by atoms with E-state index in [0.717, 1.165) is 0 Å². The van der Waals surface area contributed by atoms with Crippen molar-refractivity contribution in [2.24, 2.45) is 5.41 Å². The fourth-order valence-corrected chi connectivity index (χ4v) is 4.19. The monoisotopic (exact) mass is 429 g/mol.